The molecule has 0 bridgehead atoms. The molecule has 1 heterocycles. The summed E-state index contributed by atoms with van der Waals surface area (Å²) in [7, 11) is 1.38. The number of epoxide rings is 1. The highest BCUT2D eigenvalue weighted by Gasteiger charge is 1.94. The minimum Gasteiger partial charge on any atom is -0.397 e. The third-order valence-corrected chi connectivity index (χ3v) is 0.295. The van der Waals surface area contributed by atoms with Gasteiger partial charge in [-0.05, 0) is 6.92 Å². The molecule has 60 valence electrons. The van der Waals surface area contributed by atoms with Gasteiger partial charge in [0.25, 0.3) is 0 Å². The first-order valence-corrected chi connectivity index (χ1v) is 2.98. The summed E-state index contributed by atoms with van der Waals surface area (Å²) >= 11 is 0. The van der Waals surface area contributed by atoms with Gasteiger partial charge < -0.3 is 9.84 Å². The number of isocyanates is 1. The van der Waals surface area contributed by atoms with Crippen molar-refractivity contribution in [3.63, 3.8) is 0 Å². The Balaban J connectivity index is 0. The van der Waals surface area contributed by atoms with E-state index in [1.165, 1.54) is 13.1 Å². The molecule has 0 aromatic carbocycles. The fourth-order valence-corrected chi connectivity index (χ4v) is 0. The Morgan fingerprint density at radius 3 is 1.90 bits per heavy atom. The van der Waals surface area contributed by atoms with E-state index in [1.54, 1.807) is 6.92 Å². The maximum atomic E-state index is 8.88. The Bertz CT molecular complexity index is 84.2. The van der Waals surface area contributed by atoms with Gasteiger partial charge in [0.1, 0.15) is 0 Å². The second-order valence-corrected chi connectivity index (χ2v) is 1.24. The van der Waals surface area contributed by atoms with E-state index in [9.17, 15) is 0 Å². The zero-order valence-electron chi connectivity index (χ0n) is 6.33. The highest BCUT2D eigenvalue weighted by molar-refractivity contribution is 5.32. The van der Waals surface area contributed by atoms with E-state index in [-0.39, 0.29) is 6.61 Å². The first kappa shape index (κ1) is 12.0. The number of hydrogen-bond acceptors (Lipinski definition) is 4. The standard InChI is InChI=1S/C2H3NO.C2H4O.C2H6O/c1-3-2-4;1-2-3-1;1-2-3/h1H3;1-2H2;3H,2H2,1H3. The van der Waals surface area contributed by atoms with Gasteiger partial charge in [-0.15, -0.1) is 0 Å². The summed E-state index contributed by atoms with van der Waals surface area (Å²) in [6.45, 7) is 3.93. The number of nitrogens with zero attached hydrogens (tertiary/aromatic N) is 1. The molecule has 0 amide bonds. The quantitative estimate of drug-likeness (QED) is 0.297. The molecule has 1 saturated heterocycles. The van der Waals surface area contributed by atoms with Crippen molar-refractivity contribution in [3.05, 3.63) is 0 Å². The van der Waals surface area contributed by atoms with Crippen LogP contribution in [0.3, 0.4) is 0 Å². The molecule has 0 aromatic rings. The SMILES string of the molecule is C1CO1.CCO.CN=C=O. The molecule has 1 N–H and O–H groups in total. The lowest BCUT2D eigenvalue weighted by Gasteiger charge is -1.52. The lowest BCUT2D eigenvalue weighted by atomic mass is 10.9. The number of hydrogen-bond donors (Lipinski definition) is 1. The van der Waals surface area contributed by atoms with E-state index < -0.39 is 0 Å². The molecule has 0 spiro atoms. The summed E-state index contributed by atoms with van der Waals surface area (Å²) < 4.78 is 4.50. The maximum Gasteiger partial charge on any atom is 0.234 e. The van der Waals surface area contributed by atoms with Crippen molar-refractivity contribution in [2.45, 2.75) is 6.92 Å². The highest BCUT2D eigenvalue weighted by atomic mass is 16.6. The van der Waals surface area contributed by atoms with Crippen LogP contribution in [0, 0.1) is 0 Å². The molecule has 1 fully saturated rings. The Kier molecular flexibility index (Phi) is 18.9. The van der Waals surface area contributed by atoms with Gasteiger partial charge in [-0.25, -0.2) is 9.79 Å². The summed E-state index contributed by atoms with van der Waals surface area (Å²) in [5.41, 5.74) is 0. The van der Waals surface area contributed by atoms with E-state index in [0.29, 0.717) is 0 Å². The van der Waals surface area contributed by atoms with Crippen LogP contribution in [0.2, 0.25) is 0 Å². The summed E-state index contributed by atoms with van der Waals surface area (Å²) in [5, 5.41) is 7.57. The molecule has 0 atom stereocenters. The Morgan fingerprint density at radius 2 is 1.90 bits per heavy atom. The fraction of sp³-hybridized carbons (Fsp3) is 0.833. The summed E-state index contributed by atoms with van der Waals surface area (Å²) in [6, 6.07) is 0. The molecular weight excluding hydrogens is 134 g/mol. The molecule has 1 aliphatic rings. The van der Waals surface area contributed by atoms with Gasteiger partial charge in [-0.2, -0.15) is 0 Å². The zero-order chi connectivity index (χ0) is 8.24. The van der Waals surface area contributed by atoms with Crippen LogP contribution in [0.4, 0.5) is 0 Å². The van der Waals surface area contributed by atoms with E-state index in [4.69, 9.17) is 9.90 Å². The van der Waals surface area contributed by atoms with Gasteiger partial charge in [-0.1, -0.05) is 0 Å². The smallest absolute Gasteiger partial charge is 0.234 e. The third-order valence-electron chi connectivity index (χ3n) is 0.295. The number of carbonyl (C=O) groups excluding carboxylic acids is 1. The van der Waals surface area contributed by atoms with Crippen LogP contribution in [0.5, 0.6) is 0 Å². The van der Waals surface area contributed by atoms with E-state index >= 15 is 0 Å². The highest BCUT2D eigenvalue weighted by Crippen LogP contribution is 1.84. The normalized spacial score (nSPS) is 10.7. The van der Waals surface area contributed by atoms with Crippen molar-refractivity contribution < 1.29 is 14.6 Å². The van der Waals surface area contributed by atoms with Gasteiger partial charge in [0.15, 0.2) is 0 Å². The molecule has 10 heavy (non-hydrogen) atoms. The van der Waals surface area contributed by atoms with Crippen molar-refractivity contribution in [1.82, 2.24) is 0 Å². The molecule has 0 saturated carbocycles. The second-order valence-electron chi connectivity index (χ2n) is 1.24. The summed E-state index contributed by atoms with van der Waals surface area (Å²) in [6.07, 6.45) is 1.31. The van der Waals surface area contributed by atoms with Crippen LogP contribution in [-0.4, -0.2) is 38.1 Å². The Morgan fingerprint density at radius 1 is 1.70 bits per heavy atom. The largest absolute Gasteiger partial charge is 0.397 e. The molecule has 4 heteroatoms. The molecule has 0 aliphatic carbocycles. The Labute approximate surface area is 60.5 Å². The number of aliphatic imine (C=N–C) groups is 1. The average Bonchev–Trinajstić information content (AvgIpc) is 2.73. The first-order chi connectivity index (χ1) is 4.83. The predicted molar refractivity (Wildman–Crippen MR) is 37.6 cm³/mol. The van der Waals surface area contributed by atoms with E-state index in [0.717, 1.165) is 13.2 Å². The van der Waals surface area contributed by atoms with Gasteiger partial charge in [0.2, 0.25) is 6.08 Å². The lowest BCUT2D eigenvalue weighted by Crippen LogP contribution is -1.57. The maximum absolute atomic E-state index is 8.88. The monoisotopic (exact) mass is 147 g/mol. The molecule has 0 aromatic heterocycles. The van der Waals surface area contributed by atoms with Crippen LogP contribution < -0.4 is 0 Å². The molecule has 1 rings (SSSR count). The van der Waals surface area contributed by atoms with Crippen LogP contribution in [-0.2, 0) is 9.53 Å². The van der Waals surface area contributed by atoms with Crippen LogP contribution in [0.1, 0.15) is 6.92 Å². The van der Waals surface area contributed by atoms with Gasteiger partial charge in [0, 0.05) is 13.7 Å². The van der Waals surface area contributed by atoms with Gasteiger partial charge >= 0.3 is 0 Å². The topological polar surface area (TPSA) is 62.2 Å². The second kappa shape index (κ2) is 15.7. The third kappa shape index (κ3) is 171. The minimum absolute atomic E-state index is 0.250. The van der Waals surface area contributed by atoms with Crippen molar-refractivity contribution in [1.29, 1.82) is 0 Å². The van der Waals surface area contributed by atoms with Crippen molar-refractivity contribution in [2.24, 2.45) is 4.99 Å². The molecule has 0 radical (unpaired) electrons. The van der Waals surface area contributed by atoms with Crippen molar-refractivity contribution >= 4 is 6.08 Å². The first-order valence-electron chi connectivity index (χ1n) is 2.98. The van der Waals surface area contributed by atoms with Crippen molar-refractivity contribution in [3.8, 4) is 0 Å². The minimum atomic E-state index is 0.250. The molecule has 4 nitrogen and oxygen atoms in total. The van der Waals surface area contributed by atoms with Gasteiger partial charge in [-0.3, -0.25) is 0 Å². The summed E-state index contributed by atoms with van der Waals surface area (Å²) in [4.78, 5) is 11.8. The number of rotatable bonds is 0. The Hall–Kier alpha value is -0.700. The zero-order valence-corrected chi connectivity index (χ0v) is 6.33. The molecular formula is C6H13NO3. The summed E-state index contributed by atoms with van der Waals surface area (Å²) in [5.74, 6) is 0. The van der Waals surface area contributed by atoms with Crippen LogP contribution >= 0.6 is 0 Å². The predicted octanol–water partition coefficient (Wildman–Crippen LogP) is -0.0328. The number of ether oxygens (including phenoxy) is 1. The van der Waals surface area contributed by atoms with Gasteiger partial charge in [0.05, 0.1) is 13.2 Å². The fourth-order valence-electron chi connectivity index (χ4n) is 0. The number of aliphatic hydroxyl groups excluding tert-OH is 1. The lowest BCUT2D eigenvalue weighted by molar-refractivity contribution is 0.318. The van der Waals surface area contributed by atoms with Crippen LogP contribution in [0.15, 0.2) is 4.99 Å². The van der Waals surface area contributed by atoms with Crippen LogP contribution in [0.25, 0.3) is 0 Å². The number of aliphatic hydroxyl groups is 1. The van der Waals surface area contributed by atoms with E-state index in [2.05, 4.69) is 9.73 Å². The van der Waals surface area contributed by atoms with E-state index in [1.807, 2.05) is 0 Å². The van der Waals surface area contributed by atoms with Crippen molar-refractivity contribution in [2.75, 3.05) is 26.9 Å². The molecule has 0 unspecified atom stereocenters. The average molecular weight is 147 g/mol. The molecule has 1 aliphatic heterocycles.